The number of fused-ring (bicyclic) bond motifs is 2. The summed E-state index contributed by atoms with van der Waals surface area (Å²) < 4.78 is 7.07. The van der Waals surface area contributed by atoms with E-state index in [2.05, 4.69) is 39.7 Å². The Bertz CT molecular complexity index is 1590. The maximum Gasteiger partial charge on any atom is 0.243 e. The van der Waals surface area contributed by atoms with Crippen LogP contribution < -0.4 is 10.6 Å². The highest BCUT2D eigenvalue weighted by molar-refractivity contribution is 5.90. The Hall–Kier alpha value is -4.48. The zero-order chi connectivity index (χ0) is 30.5. The minimum absolute atomic E-state index is 0.0784. The normalized spacial score (nSPS) is 18.8. The number of H-pyrrole nitrogens is 1. The van der Waals surface area contributed by atoms with Crippen molar-refractivity contribution in [3.8, 4) is 0 Å². The minimum Gasteiger partial charge on any atom is -0.361 e. The molecule has 228 valence electrons. The molecule has 0 aliphatic carbocycles. The van der Waals surface area contributed by atoms with Crippen LogP contribution in [0, 0.1) is 19.8 Å². The number of aromatic nitrogens is 5. The van der Waals surface area contributed by atoms with E-state index in [1.807, 2.05) is 44.3 Å². The lowest BCUT2D eigenvalue weighted by atomic mass is 10.0. The van der Waals surface area contributed by atoms with E-state index in [4.69, 9.17) is 9.51 Å². The monoisotopic (exact) mass is 588 g/mol. The standard InChI is InChI=1S/C31H40N8O4/c1-19(2)14-26-30-33-21(4)36-39(30)13-12-38(29(41)17-23-15-20(3)37-43-23)11-7-10-28(40)34-27(31(42)35-26)16-22-18-32-25-9-6-5-8-24(22)25/h5-6,8-9,15,18-19,26-27,32H,7,10-14,16-17H2,1-4H3,(H,34,40)(H,35,42)/t26-,27+/m0/s1. The second-order valence-corrected chi connectivity index (χ2v) is 11.7. The Labute approximate surface area is 250 Å². The molecule has 0 bridgehead atoms. The molecule has 0 spiro atoms. The van der Waals surface area contributed by atoms with E-state index in [-0.39, 0.29) is 36.5 Å². The van der Waals surface area contributed by atoms with Gasteiger partial charge in [0, 0.05) is 49.1 Å². The summed E-state index contributed by atoms with van der Waals surface area (Å²) in [4.78, 5) is 50.1. The molecular weight excluding hydrogens is 548 g/mol. The second-order valence-electron chi connectivity index (χ2n) is 11.7. The number of hydrogen-bond acceptors (Lipinski definition) is 7. The van der Waals surface area contributed by atoms with Crippen LogP contribution >= 0.6 is 0 Å². The summed E-state index contributed by atoms with van der Waals surface area (Å²) in [6.07, 6.45) is 3.53. The molecule has 12 heteroatoms. The summed E-state index contributed by atoms with van der Waals surface area (Å²) in [5.41, 5.74) is 2.62. The number of amides is 3. The second kappa shape index (κ2) is 13.2. The molecule has 4 heterocycles. The van der Waals surface area contributed by atoms with E-state index in [0.29, 0.717) is 62.0 Å². The van der Waals surface area contributed by atoms with Crippen LogP contribution in [0.2, 0.25) is 0 Å². The van der Waals surface area contributed by atoms with Crippen molar-refractivity contribution >= 4 is 28.6 Å². The molecule has 4 aromatic rings. The van der Waals surface area contributed by atoms with Crippen molar-refractivity contribution < 1.29 is 18.9 Å². The van der Waals surface area contributed by atoms with Gasteiger partial charge in [0.05, 0.1) is 24.7 Å². The molecule has 0 fully saturated rings. The third kappa shape index (κ3) is 7.49. The van der Waals surface area contributed by atoms with Crippen molar-refractivity contribution in [3.05, 3.63) is 65.2 Å². The molecule has 3 amide bonds. The van der Waals surface area contributed by atoms with Gasteiger partial charge >= 0.3 is 0 Å². The van der Waals surface area contributed by atoms with Gasteiger partial charge in [0.25, 0.3) is 0 Å². The Kier molecular flexibility index (Phi) is 9.22. The van der Waals surface area contributed by atoms with E-state index in [1.54, 1.807) is 15.6 Å². The highest BCUT2D eigenvalue weighted by Gasteiger charge is 2.29. The van der Waals surface area contributed by atoms with Crippen LogP contribution in [-0.4, -0.2) is 66.7 Å². The highest BCUT2D eigenvalue weighted by Crippen LogP contribution is 2.23. The molecule has 3 aromatic heterocycles. The number of hydrogen-bond donors (Lipinski definition) is 3. The highest BCUT2D eigenvalue weighted by atomic mass is 16.5. The summed E-state index contributed by atoms with van der Waals surface area (Å²) in [5, 5.41) is 15.7. The van der Waals surface area contributed by atoms with Crippen molar-refractivity contribution in [2.24, 2.45) is 5.92 Å². The quantitative estimate of drug-likeness (QED) is 0.313. The summed E-state index contributed by atoms with van der Waals surface area (Å²) in [6.45, 7) is 8.94. The summed E-state index contributed by atoms with van der Waals surface area (Å²) in [6, 6.07) is 8.41. The topological polar surface area (TPSA) is 151 Å². The average molecular weight is 589 g/mol. The molecule has 12 nitrogen and oxygen atoms in total. The zero-order valence-electron chi connectivity index (χ0n) is 25.2. The third-order valence-electron chi connectivity index (χ3n) is 7.66. The van der Waals surface area contributed by atoms with Gasteiger partial charge in [-0.05, 0) is 44.2 Å². The molecule has 5 rings (SSSR count). The van der Waals surface area contributed by atoms with E-state index in [9.17, 15) is 14.4 Å². The van der Waals surface area contributed by atoms with E-state index >= 15 is 0 Å². The first kappa shape index (κ1) is 30.0. The summed E-state index contributed by atoms with van der Waals surface area (Å²) >= 11 is 0. The molecular formula is C31H40N8O4. The van der Waals surface area contributed by atoms with Crippen molar-refractivity contribution in [1.82, 2.24) is 40.4 Å². The lowest BCUT2D eigenvalue weighted by Gasteiger charge is -2.27. The third-order valence-corrected chi connectivity index (χ3v) is 7.66. The van der Waals surface area contributed by atoms with Gasteiger partial charge in [-0.25, -0.2) is 9.67 Å². The molecule has 1 aliphatic heterocycles. The fraction of sp³-hybridized carbons (Fsp3) is 0.484. The van der Waals surface area contributed by atoms with Crippen LogP contribution in [0.4, 0.5) is 0 Å². The maximum atomic E-state index is 13.9. The molecule has 43 heavy (non-hydrogen) atoms. The van der Waals surface area contributed by atoms with Crippen molar-refractivity contribution in [3.63, 3.8) is 0 Å². The van der Waals surface area contributed by atoms with Gasteiger partial charge in [-0.3, -0.25) is 14.4 Å². The number of rotatable bonds is 6. The number of nitrogens with one attached hydrogen (secondary N) is 3. The van der Waals surface area contributed by atoms with Crippen molar-refractivity contribution in [1.29, 1.82) is 0 Å². The average Bonchev–Trinajstić information content (AvgIpc) is 3.67. The Morgan fingerprint density at radius 2 is 1.91 bits per heavy atom. The summed E-state index contributed by atoms with van der Waals surface area (Å²) in [7, 11) is 0. The molecule has 0 radical (unpaired) electrons. The molecule has 1 aliphatic rings. The molecule has 0 saturated heterocycles. The smallest absolute Gasteiger partial charge is 0.243 e. The van der Waals surface area contributed by atoms with Crippen LogP contribution in [0.15, 0.2) is 41.1 Å². The first-order chi connectivity index (χ1) is 20.7. The number of carbonyl (C=O) groups is 3. The number of para-hydroxylation sites is 1. The van der Waals surface area contributed by atoms with Crippen LogP contribution in [0.1, 0.15) is 67.8 Å². The molecule has 3 N–H and O–H groups in total. The van der Waals surface area contributed by atoms with Crippen LogP contribution in [-0.2, 0) is 33.8 Å². The van der Waals surface area contributed by atoms with Gasteiger partial charge in [0.2, 0.25) is 17.7 Å². The lowest BCUT2D eigenvalue weighted by Crippen LogP contribution is -2.49. The minimum atomic E-state index is -0.797. The van der Waals surface area contributed by atoms with Crippen LogP contribution in [0.25, 0.3) is 10.9 Å². The number of nitrogens with zero attached hydrogens (tertiary/aromatic N) is 5. The van der Waals surface area contributed by atoms with Gasteiger partial charge in [-0.15, -0.1) is 0 Å². The largest absolute Gasteiger partial charge is 0.361 e. The van der Waals surface area contributed by atoms with Gasteiger partial charge < -0.3 is 25.0 Å². The van der Waals surface area contributed by atoms with Gasteiger partial charge in [0.15, 0.2) is 0 Å². The molecule has 1 aromatic carbocycles. The SMILES string of the molecule is Cc1cc(CC(=O)N2CCCC(=O)N[C@H](Cc3c[nH]c4ccccc34)C(=O)N[C@@H](CC(C)C)c3nc(C)nn3CC2)on1. The molecule has 0 saturated carbocycles. The predicted octanol–water partition coefficient (Wildman–Crippen LogP) is 3.16. The first-order valence-electron chi connectivity index (χ1n) is 14.9. The van der Waals surface area contributed by atoms with E-state index in [1.165, 1.54) is 0 Å². The van der Waals surface area contributed by atoms with E-state index < -0.39 is 12.1 Å². The first-order valence-corrected chi connectivity index (χ1v) is 14.9. The van der Waals surface area contributed by atoms with Crippen LogP contribution in [0.3, 0.4) is 0 Å². The molecule has 0 unspecified atom stereocenters. The Balaban J connectivity index is 1.44. The van der Waals surface area contributed by atoms with Gasteiger partial charge in [0.1, 0.15) is 23.5 Å². The fourth-order valence-corrected chi connectivity index (χ4v) is 5.63. The van der Waals surface area contributed by atoms with Gasteiger partial charge in [-0.1, -0.05) is 37.2 Å². The lowest BCUT2D eigenvalue weighted by molar-refractivity contribution is -0.132. The fourth-order valence-electron chi connectivity index (χ4n) is 5.63. The van der Waals surface area contributed by atoms with Crippen molar-refractivity contribution in [2.45, 2.75) is 78.4 Å². The number of aromatic amines is 1. The zero-order valence-corrected chi connectivity index (χ0v) is 25.2. The number of aryl methyl sites for hydroxylation is 2. The van der Waals surface area contributed by atoms with Crippen molar-refractivity contribution in [2.75, 3.05) is 13.1 Å². The van der Waals surface area contributed by atoms with Gasteiger partial charge in [-0.2, -0.15) is 5.10 Å². The van der Waals surface area contributed by atoms with E-state index in [0.717, 1.165) is 16.5 Å². The maximum absolute atomic E-state index is 13.9. The predicted molar refractivity (Wildman–Crippen MR) is 160 cm³/mol. The Morgan fingerprint density at radius 1 is 1.09 bits per heavy atom. The molecule has 2 atom stereocenters. The summed E-state index contributed by atoms with van der Waals surface area (Å²) in [5.74, 6) is 1.33. The number of benzene rings is 1. The Morgan fingerprint density at radius 3 is 2.67 bits per heavy atom. The number of carbonyl (C=O) groups excluding carboxylic acids is 3. The van der Waals surface area contributed by atoms with Crippen LogP contribution in [0.5, 0.6) is 0 Å².